The lowest BCUT2D eigenvalue weighted by Crippen LogP contribution is -2.46. The molecule has 0 fully saturated rings. The number of rotatable bonds is 7. The summed E-state index contributed by atoms with van der Waals surface area (Å²) in [6.07, 6.45) is 0. The van der Waals surface area contributed by atoms with Gasteiger partial charge in [-0.05, 0) is 27.8 Å². The van der Waals surface area contributed by atoms with E-state index in [9.17, 15) is 13.2 Å². The topological polar surface area (TPSA) is 105 Å². The summed E-state index contributed by atoms with van der Waals surface area (Å²) in [7, 11) is -0.441. The Morgan fingerprint density at radius 2 is 2.05 bits per heavy atom. The number of nitrogens with one attached hydrogen (secondary N) is 2. The van der Waals surface area contributed by atoms with Crippen molar-refractivity contribution in [1.82, 2.24) is 20.1 Å². The zero-order valence-corrected chi connectivity index (χ0v) is 13.7. The van der Waals surface area contributed by atoms with Crippen LogP contribution in [0.5, 0.6) is 0 Å². The van der Waals surface area contributed by atoms with Gasteiger partial charge in [0, 0.05) is 20.1 Å². The molecule has 0 bridgehead atoms. The SMILES string of the molecule is CNCCN(C)C(=O)C(C)NS(=O)(=O)c1c(C)noc1C. The smallest absolute Gasteiger partial charge is 0.246 e. The second-order valence-corrected chi connectivity index (χ2v) is 6.51. The van der Waals surface area contributed by atoms with Crippen molar-refractivity contribution in [2.24, 2.45) is 0 Å². The molecule has 0 saturated carbocycles. The number of hydrogen-bond donors (Lipinski definition) is 2. The minimum Gasteiger partial charge on any atom is -0.360 e. The Bertz CT molecular complexity index is 577. The van der Waals surface area contributed by atoms with E-state index >= 15 is 0 Å². The van der Waals surface area contributed by atoms with Crippen molar-refractivity contribution in [3.8, 4) is 0 Å². The minimum absolute atomic E-state index is 0.0139. The van der Waals surface area contributed by atoms with Crippen molar-refractivity contribution < 1.29 is 17.7 Å². The Hall–Kier alpha value is -1.45. The Kier molecular flexibility index (Phi) is 5.87. The maximum atomic E-state index is 12.3. The van der Waals surface area contributed by atoms with Crippen molar-refractivity contribution in [3.05, 3.63) is 11.5 Å². The Morgan fingerprint density at radius 1 is 1.43 bits per heavy atom. The predicted molar refractivity (Wildman–Crippen MR) is 77.3 cm³/mol. The molecule has 8 nitrogen and oxygen atoms in total. The Labute approximate surface area is 124 Å². The number of aromatic nitrogens is 1. The van der Waals surface area contributed by atoms with Gasteiger partial charge in [-0.25, -0.2) is 8.42 Å². The molecule has 9 heteroatoms. The van der Waals surface area contributed by atoms with Gasteiger partial charge in [0.1, 0.15) is 10.6 Å². The molecule has 0 aliphatic rings. The van der Waals surface area contributed by atoms with E-state index in [1.165, 1.54) is 25.7 Å². The summed E-state index contributed by atoms with van der Waals surface area (Å²) in [4.78, 5) is 13.6. The lowest BCUT2D eigenvalue weighted by Gasteiger charge is -2.21. The number of nitrogens with zero attached hydrogens (tertiary/aromatic N) is 2. The molecule has 0 spiro atoms. The van der Waals surface area contributed by atoms with Gasteiger partial charge in [-0.3, -0.25) is 4.79 Å². The third-order valence-electron chi connectivity index (χ3n) is 3.01. The first-order valence-corrected chi connectivity index (χ1v) is 8.03. The molecule has 1 aromatic heterocycles. The van der Waals surface area contributed by atoms with Gasteiger partial charge in [-0.15, -0.1) is 0 Å². The first-order chi connectivity index (χ1) is 9.70. The molecule has 1 unspecified atom stereocenters. The van der Waals surface area contributed by atoms with Crippen LogP contribution in [0.1, 0.15) is 18.4 Å². The summed E-state index contributed by atoms with van der Waals surface area (Å²) in [5.41, 5.74) is 0.267. The first-order valence-electron chi connectivity index (χ1n) is 6.55. The standard InChI is InChI=1S/C12H22N4O4S/c1-8-11(10(3)20-14-8)21(18,19)15-9(2)12(17)16(5)7-6-13-4/h9,13,15H,6-7H2,1-5H3. The number of hydrogen-bond acceptors (Lipinski definition) is 6. The normalized spacial score (nSPS) is 13.2. The van der Waals surface area contributed by atoms with Crippen LogP contribution in [0.3, 0.4) is 0 Å². The minimum atomic E-state index is -3.85. The third-order valence-corrected chi connectivity index (χ3v) is 4.80. The fourth-order valence-electron chi connectivity index (χ4n) is 1.92. The van der Waals surface area contributed by atoms with Crippen LogP contribution in [-0.2, 0) is 14.8 Å². The van der Waals surface area contributed by atoms with Crippen LogP contribution in [0.25, 0.3) is 0 Å². The molecular weight excluding hydrogens is 296 g/mol. The molecule has 1 rings (SSSR count). The highest BCUT2D eigenvalue weighted by Gasteiger charge is 2.29. The summed E-state index contributed by atoms with van der Waals surface area (Å²) < 4.78 is 31.8. The van der Waals surface area contributed by atoms with E-state index in [1.807, 2.05) is 0 Å². The van der Waals surface area contributed by atoms with Crippen LogP contribution < -0.4 is 10.0 Å². The Morgan fingerprint density at radius 3 is 2.52 bits per heavy atom. The van der Waals surface area contributed by atoms with Crippen LogP contribution in [-0.4, -0.2) is 57.6 Å². The van der Waals surface area contributed by atoms with E-state index in [0.29, 0.717) is 13.1 Å². The summed E-state index contributed by atoms with van der Waals surface area (Å²) in [5, 5.41) is 6.54. The zero-order valence-electron chi connectivity index (χ0n) is 12.9. The van der Waals surface area contributed by atoms with Crippen molar-refractivity contribution in [2.75, 3.05) is 27.2 Å². The zero-order chi connectivity index (χ0) is 16.2. The molecule has 0 aromatic carbocycles. The fourth-order valence-corrected chi connectivity index (χ4v) is 3.45. The lowest BCUT2D eigenvalue weighted by atomic mass is 10.3. The van der Waals surface area contributed by atoms with Crippen LogP contribution in [0.4, 0.5) is 0 Å². The van der Waals surface area contributed by atoms with Gasteiger partial charge >= 0.3 is 0 Å². The molecule has 0 saturated heterocycles. The summed E-state index contributed by atoms with van der Waals surface area (Å²) in [6, 6.07) is -0.870. The average molecular weight is 318 g/mol. The van der Waals surface area contributed by atoms with Crippen molar-refractivity contribution >= 4 is 15.9 Å². The molecule has 2 N–H and O–H groups in total. The van der Waals surface area contributed by atoms with Gasteiger partial charge in [0.15, 0.2) is 5.76 Å². The third kappa shape index (κ3) is 4.26. The van der Waals surface area contributed by atoms with Gasteiger partial charge in [-0.1, -0.05) is 5.16 Å². The largest absolute Gasteiger partial charge is 0.360 e. The molecule has 0 aliphatic carbocycles. The summed E-state index contributed by atoms with van der Waals surface area (Å²) in [6.45, 7) is 5.68. The molecule has 1 atom stereocenters. The number of aryl methyl sites for hydroxylation is 2. The Balaban J connectivity index is 2.82. The van der Waals surface area contributed by atoms with Crippen molar-refractivity contribution in [1.29, 1.82) is 0 Å². The molecule has 120 valence electrons. The van der Waals surface area contributed by atoms with E-state index in [-0.39, 0.29) is 22.3 Å². The fraction of sp³-hybridized carbons (Fsp3) is 0.667. The van der Waals surface area contributed by atoms with E-state index in [1.54, 1.807) is 14.1 Å². The predicted octanol–water partition coefficient (Wildman–Crippen LogP) is -0.364. The highest BCUT2D eigenvalue weighted by atomic mass is 32.2. The second-order valence-electron chi connectivity index (χ2n) is 4.86. The highest BCUT2D eigenvalue weighted by Crippen LogP contribution is 2.18. The number of sulfonamides is 1. The van der Waals surface area contributed by atoms with Crippen molar-refractivity contribution in [2.45, 2.75) is 31.7 Å². The van der Waals surface area contributed by atoms with Gasteiger partial charge in [0.2, 0.25) is 15.9 Å². The highest BCUT2D eigenvalue weighted by molar-refractivity contribution is 7.89. The van der Waals surface area contributed by atoms with Crippen LogP contribution >= 0.6 is 0 Å². The van der Waals surface area contributed by atoms with E-state index in [4.69, 9.17) is 4.52 Å². The van der Waals surface area contributed by atoms with Gasteiger partial charge in [0.05, 0.1) is 6.04 Å². The molecule has 21 heavy (non-hydrogen) atoms. The van der Waals surface area contributed by atoms with Gasteiger partial charge < -0.3 is 14.7 Å². The van der Waals surface area contributed by atoms with E-state index < -0.39 is 16.1 Å². The quantitative estimate of drug-likeness (QED) is 0.711. The molecule has 0 aliphatic heterocycles. The van der Waals surface area contributed by atoms with E-state index in [2.05, 4.69) is 15.2 Å². The van der Waals surface area contributed by atoms with Crippen LogP contribution in [0.2, 0.25) is 0 Å². The lowest BCUT2D eigenvalue weighted by molar-refractivity contribution is -0.131. The second kappa shape index (κ2) is 7.01. The average Bonchev–Trinajstić information content (AvgIpc) is 2.74. The van der Waals surface area contributed by atoms with Gasteiger partial charge in [-0.2, -0.15) is 4.72 Å². The molecule has 1 heterocycles. The van der Waals surface area contributed by atoms with Crippen LogP contribution in [0.15, 0.2) is 9.42 Å². The molecule has 1 amide bonds. The van der Waals surface area contributed by atoms with Crippen molar-refractivity contribution in [3.63, 3.8) is 0 Å². The number of carbonyl (C=O) groups is 1. The first kappa shape index (κ1) is 17.6. The van der Waals surface area contributed by atoms with Crippen LogP contribution in [0, 0.1) is 13.8 Å². The van der Waals surface area contributed by atoms with Gasteiger partial charge in [0.25, 0.3) is 0 Å². The maximum Gasteiger partial charge on any atom is 0.246 e. The monoisotopic (exact) mass is 318 g/mol. The molecule has 0 radical (unpaired) electrons. The summed E-state index contributed by atoms with van der Waals surface area (Å²) in [5.74, 6) is -0.108. The summed E-state index contributed by atoms with van der Waals surface area (Å²) >= 11 is 0. The number of amides is 1. The number of likely N-dealkylation sites (N-methyl/N-ethyl adjacent to an activating group) is 2. The molecular formula is C12H22N4O4S. The maximum absolute atomic E-state index is 12.3. The van der Waals surface area contributed by atoms with E-state index in [0.717, 1.165) is 0 Å². The molecule has 1 aromatic rings. The number of carbonyl (C=O) groups excluding carboxylic acids is 1.